The van der Waals surface area contributed by atoms with Gasteiger partial charge in [-0.25, -0.2) is 9.79 Å². The Morgan fingerprint density at radius 3 is 2.66 bits per heavy atom. The van der Waals surface area contributed by atoms with Crippen molar-refractivity contribution in [1.82, 2.24) is 24.7 Å². The van der Waals surface area contributed by atoms with Gasteiger partial charge in [0.2, 0.25) is 5.91 Å². The number of nitrogens with one attached hydrogen (secondary N) is 5. The third-order valence-corrected chi connectivity index (χ3v) is 7.91. The minimum atomic E-state index is -0.460. The maximum absolute atomic E-state index is 12.8. The number of aliphatic imine (C=N–C) groups is 1. The Labute approximate surface area is 241 Å². The highest BCUT2D eigenvalue weighted by Gasteiger charge is 2.16. The van der Waals surface area contributed by atoms with Gasteiger partial charge >= 0.3 is 5.69 Å². The summed E-state index contributed by atoms with van der Waals surface area (Å²) in [5.74, 6) is -0.851. The van der Waals surface area contributed by atoms with E-state index in [0.29, 0.717) is 60.1 Å². The molecule has 1 aromatic carbocycles. The van der Waals surface area contributed by atoms with Crippen LogP contribution < -0.4 is 16.3 Å². The summed E-state index contributed by atoms with van der Waals surface area (Å²) in [4.78, 5) is 49.9. The average Bonchev–Trinajstić information content (AvgIpc) is 3.57. The molecule has 0 spiro atoms. The number of aromatic nitrogens is 2. The molecule has 0 aliphatic carbocycles. The fraction of sp³-hybridized carbons (Fsp3) is 0.407. The number of fused-ring (bicyclic) bond motifs is 1. The zero-order valence-electron chi connectivity index (χ0n) is 23.1. The zero-order chi connectivity index (χ0) is 29.4. The molecule has 3 aromatic rings. The lowest BCUT2D eigenvalue weighted by Crippen LogP contribution is -2.39. The highest BCUT2D eigenvalue weighted by Crippen LogP contribution is 2.30. The SMILES string of the molecule is CN(C)C(=O)CCNc1cc2c(cc1N=CNC(=O)c1ccc(C(C=N)C=N)s1)[nH]c(=O)n2CCN1CCOCC1. The fourth-order valence-corrected chi connectivity index (χ4v) is 5.30. The number of imidazole rings is 1. The second-order valence-electron chi connectivity index (χ2n) is 9.68. The lowest BCUT2D eigenvalue weighted by molar-refractivity contribution is -0.128. The lowest BCUT2D eigenvalue weighted by Gasteiger charge is -2.26. The van der Waals surface area contributed by atoms with Gasteiger partial charge in [0.15, 0.2) is 0 Å². The molecular formula is C27H35N9O4S. The summed E-state index contributed by atoms with van der Waals surface area (Å²) in [6.45, 7) is 4.60. The second-order valence-corrected chi connectivity index (χ2v) is 10.8. The molecule has 41 heavy (non-hydrogen) atoms. The van der Waals surface area contributed by atoms with E-state index in [9.17, 15) is 14.4 Å². The van der Waals surface area contributed by atoms with Gasteiger partial charge in [-0.1, -0.05) is 0 Å². The number of H-pyrrole nitrogens is 1. The van der Waals surface area contributed by atoms with Crippen LogP contribution in [0.4, 0.5) is 11.4 Å². The summed E-state index contributed by atoms with van der Waals surface area (Å²) in [5.41, 5.74) is 2.20. The molecule has 1 fully saturated rings. The molecule has 0 unspecified atom stereocenters. The number of aromatic amines is 1. The van der Waals surface area contributed by atoms with Gasteiger partial charge in [0.1, 0.15) is 0 Å². The highest BCUT2D eigenvalue weighted by molar-refractivity contribution is 7.14. The first-order chi connectivity index (χ1) is 19.8. The molecule has 1 saturated heterocycles. The van der Waals surface area contributed by atoms with Crippen molar-refractivity contribution in [1.29, 1.82) is 10.8 Å². The number of anilines is 1. The van der Waals surface area contributed by atoms with E-state index in [2.05, 4.69) is 25.5 Å². The van der Waals surface area contributed by atoms with Gasteiger partial charge in [-0.2, -0.15) is 0 Å². The maximum Gasteiger partial charge on any atom is 0.326 e. The smallest absolute Gasteiger partial charge is 0.326 e. The van der Waals surface area contributed by atoms with E-state index in [1.165, 1.54) is 22.6 Å². The van der Waals surface area contributed by atoms with Gasteiger partial charge < -0.3 is 36.1 Å². The van der Waals surface area contributed by atoms with Crippen LogP contribution in [0.2, 0.25) is 0 Å². The van der Waals surface area contributed by atoms with E-state index in [1.807, 2.05) is 6.07 Å². The summed E-state index contributed by atoms with van der Waals surface area (Å²) in [5, 5.41) is 20.8. The first-order valence-electron chi connectivity index (χ1n) is 13.3. The predicted octanol–water partition coefficient (Wildman–Crippen LogP) is 2.09. The van der Waals surface area contributed by atoms with Crippen LogP contribution in [0.25, 0.3) is 11.0 Å². The quantitative estimate of drug-likeness (QED) is 0.153. The largest absolute Gasteiger partial charge is 0.383 e. The second kappa shape index (κ2) is 14.0. The highest BCUT2D eigenvalue weighted by atomic mass is 32.1. The van der Waals surface area contributed by atoms with Gasteiger partial charge in [-0.3, -0.25) is 19.1 Å². The first-order valence-corrected chi connectivity index (χ1v) is 14.1. The van der Waals surface area contributed by atoms with E-state index in [0.717, 1.165) is 30.4 Å². The van der Waals surface area contributed by atoms with Crippen LogP contribution in [0.5, 0.6) is 0 Å². The Morgan fingerprint density at radius 2 is 1.95 bits per heavy atom. The number of hydrogen-bond donors (Lipinski definition) is 5. The van der Waals surface area contributed by atoms with Crippen molar-refractivity contribution >= 4 is 64.3 Å². The van der Waals surface area contributed by atoms with Crippen molar-refractivity contribution in [3.05, 3.63) is 44.5 Å². The van der Waals surface area contributed by atoms with Crippen molar-refractivity contribution in [3.8, 4) is 0 Å². The number of ether oxygens (including phenoxy) is 1. The number of rotatable bonds is 13. The topological polar surface area (TPSA) is 172 Å². The monoisotopic (exact) mass is 581 g/mol. The molecule has 5 N–H and O–H groups in total. The molecule has 2 aromatic heterocycles. The van der Waals surface area contributed by atoms with E-state index < -0.39 is 5.92 Å². The standard InChI is InChI=1S/C27H35N9O4S/c1-34(2)25(37)5-6-30-20-14-22-21(33-27(39)36(22)8-7-35-9-11-40-12-10-35)13-19(20)31-17-32-26(38)24-4-3-23(41-24)18(15-28)16-29/h3-4,13-18,28-30H,5-12H2,1-2H3,(H,33,39)(H,31,32,38). The molecule has 0 radical (unpaired) electrons. The molecule has 13 nitrogen and oxygen atoms in total. The third-order valence-electron chi connectivity index (χ3n) is 6.73. The Kier molecular flexibility index (Phi) is 10.2. The maximum atomic E-state index is 12.8. The van der Waals surface area contributed by atoms with Crippen molar-refractivity contribution in [3.63, 3.8) is 0 Å². The molecule has 0 saturated carbocycles. The number of thiophene rings is 1. The normalized spacial score (nSPS) is 14.7. The van der Waals surface area contributed by atoms with Gasteiger partial charge in [-0.15, -0.1) is 11.3 Å². The van der Waals surface area contributed by atoms with E-state index >= 15 is 0 Å². The number of nitrogens with zero attached hydrogens (tertiary/aromatic N) is 4. The van der Waals surface area contributed by atoms with Crippen LogP contribution in [-0.4, -0.2) is 103 Å². The zero-order valence-corrected chi connectivity index (χ0v) is 23.9. The summed E-state index contributed by atoms with van der Waals surface area (Å²) in [6, 6.07) is 6.95. The Balaban J connectivity index is 1.54. The Hall–Kier alpha value is -4.14. The molecule has 1 aliphatic rings. The molecule has 4 rings (SSSR count). The van der Waals surface area contributed by atoms with Crippen LogP contribution in [0.3, 0.4) is 0 Å². The molecule has 0 bridgehead atoms. The lowest BCUT2D eigenvalue weighted by atomic mass is 10.1. The van der Waals surface area contributed by atoms with E-state index in [1.54, 1.807) is 36.9 Å². The number of carbonyl (C=O) groups excluding carboxylic acids is 2. The van der Waals surface area contributed by atoms with Crippen LogP contribution in [0.1, 0.15) is 26.9 Å². The Morgan fingerprint density at radius 1 is 1.20 bits per heavy atom. The summed E-state index contributed by atoms with van der Waals surface area (Å²) < 4.78 is 7.11. The Bertz CT molecular complexity index is 1480. The fourth-order valence-electron chi connectivity index (χ4n) is 4.35. The minimum absolute atomic E-state index is 0.0245. The average molecular weight is 582 g/mol. The number of benzene rings is 1. The minimum Gasteiger partial charge on any atom is -0.383 e. The van der Waals surface area contributed by atoms with Gasteiger partial charge in [0, 0.05) is 70.5 Å². The van der Waals surface area contributed by atoms with Gasteiger partial charge in [-0.05, 0) is 24.3 Å². The van der Waals surface area contributed by atoms with Crippen LogP contribution >= 0.6 is 11.3 Å². The predicted molar refractivity (Wildman–Crippen MR) is 162 cm³/mol. The van der Waals surface area contributed by atoms with Crippen molar-refractivity contribution in [2.24, 2.45) is 4.99 Å². The number of carbonyl (C=O) groups is 2. The van der Waals surface area contributed by atoms with Gasteiger partial charge in [0.05, 0.1) is 52.8 Å². The van der Waals surface area contributed by atoms with E-state index in [4.69, 9.17) is 15.6 Å². The van der Waals surface area contributed by atoms with Crippen molar-refractivity contribution in [2.45, 2.75) is 18.9 Å². The van der Waals surface area contributed by atoms with Gasteiger partial charge in [0.25, 0.3) is 5.91 Å². The molecule has 1 aliphatic heterocycles. The van der Waals surface area contributed by atoms with Crippen LogP contribution in [0.15, 0.2) is 34.1 Å². The first kappa shape index (κ1) is 29.8. The molecule has 0 atom stereocenters. The number of morpholine rings is 1. The summed E-state index contributed by atoms with van der Waals surface area (Å²) in [7, 11) is 3.40. The molecule has 3 heterocycles. The number of amides is 2. The molecular weight excluding hydrogens is 546 g/mol. The molecule has 2 amide bonds. The van der Waals surface area contributed by atoms with Crippen molar-refractivity contribution < 1.29 is 14.3 Å². The summed E-state index contributed by atoms with van der Waals surface area (Å²) >= 11 is 1.21. The third kappa shape index (κ3) is 7.54. The molecule has 14 heteroatoms. The summed E-state index contributed by atoms with van der Waals surface area (Å²) in [6.07, 6.45) is 3.87. The number of hydrogen-bond acceptors (Lipinski definition) is 10. The molecule has 218 valence electrons. The van der Waals surface area contributed by atoms with Crippen LogP contribution in [0, 0.1) is 10.8 Å². The van der Waals surface area contributed by atoms with Crippen LogP contribution in [-0.2, 0) is 16.1 Å². The van der Waals surface area contributed by atoms with E-state index in [-0.39, 0.29) is 23.9 Å². The van der Waals surface area contributed by atoms with Crippen molar-refractivity contribution in [2.75, 3.05) is 58.8 Å².